The lowest BCUT2D eigenvalue weighted by Gasteiger charge is -2.34. The normalized spacial score (nSPS) is 16.6. The number of guanidine groups is 1. The summed E-state index contributed by atoms with van der Waals surface area (Å²) in [6.07, 6.45) is 2.88. The van der Waals surface area contributed by atoms with E-state index in [1.54, 1.807) is 21.3 Å². The maximum atomic E-state index is 12.3. The summed E-state index contributed by atoms with van der Waals surface area (Å²) in [5, 5.41) is 6.69. The van der Waals surface area contributed by atoms with E-state index in [0.29, 0.717) is 12.5 Å². The lowest BCUT2D eigenvalue weighted by atomic mass is 9.95. The molecular weight excluding hydrogens is 523 g/mol. The summed E-state index contributed by atoms with van der Waals surface area (Å²) in [5.41, 5.74) is 0.558. The molecule has 1 aromatic carbocycles. The van der Waals surface area contributed by atoms with Gasteiger partial charge in [0.2, 0.25) is 0 Å². The van der Waals surface area contributed by atoms with E-state index in [9.17, 15) is 4.79 Å². The summed E-state index contributed by atoms with van der Waals surface area (Å²) in [6.45, 7) is 8.58. The van der Waals surface area contributed by atoms with E-state index in [2.05, 4.69) is 15.6 Å². The van der Waals surface area contributed by atoms with E-state index in [1.165, 1.54) is 0 Å². The molecule has 8 nitrogen and oxygen atoms in total. The van der Waals surface area contributed by atoms with E-state index in [4.69, 9.17) is 14.2 Å². The molecule has 1 amide bonds. The third-order valence-electron chi connectivity index (χ3n) is 5.18. The number of piperidine rings is 1. The Morgan fingerprint density at radius 1 is 1.22 bits per heavy atom. The van der Waals surface area contributed by atoms with Crippen LogP contribution in [0.15, 0.2) is 23.2 Å². The average Bonchev–Trinajstić information content (AvgIpc) is 2.75. The number of carbonyl (C=O) groups is 1. The number of likely N-dealkylation sites (tertiary alicyclic amines) is 1. The van der Waals surface area contributed by atoms with Crippen molar-refractivity contribution in [3.8, 4) is 11.5 Å². The lowest BCUT2D eigenvalue weighted by Crippen LogP contribution is -2.44. The quantitative estimate of drug-likeness (QED) is 0.297. The number of amides is 1. The fraction of sp³-hybridized carbons (Fsp3) is 0.652. The monoisotopic (exact) mass is 562 g/mol. The van der Waals surface area contributed by atoms with Crippen LogP contribution in [0.4, 0.5) is 4.79 Å². The topological polar surface area (TPSA) is 84.4 Å². The second-order valence-corrected chi connectivity index (χ2v) is 8.75. The third-order valence-corrected chi connectivity index (χ3v) is 5.18. The number of nitrogens with zero attached hydrogens (tertiary/aromatic N) is 2. The summed E-state index contributed by atoms with van der Waals surface area (Å²) in [5.74, 6) is 2.72. The Hall–Kier alpha value is -1.91. The van der Waals surface area contributed by atoms with Crippen molar-refractivity contribution in [2.75, 3.05) is 40.9 Å². The van der Waals surface area contributed by atoms with Gasteiger partial charge in [-0.1, -0.05) is 0 Å². The number of nitrogens with one attached hydrogen (secondary N) is 2. The van der Waals surface area contributed by atoms with Crippen molar-refractivity contribution in [1.29, 1.82) is 0 Å². The first-order valence-electron chi connectivity index (χ1n) is 10.9. The molecule has 1 heterocycles. The highest BCUT2D eigenvalue weighted by Gasteiger charge is 2.27. The van der Waals surface area contributed by atoms with Gasteiger partial charge >= 0.3 is 6.09 Å². The molecular formula is C23H39IN4O4. The summed E-state index contributed by atoms with van der Waals surface area (Å²) < 4.78 is 16.2. The lowest BCUT2D eigenvalue weighted by molar-refractivity contribution is 0.0162. The zero-order valence-corrected chi connectivity index (χ0v) is 22.5. The minimum Gasteiger partial charge on any atom is -0.497 e. The SMILES string of the molecule is CN=C(NCCC1CCCN(C(=O)OC(C)(C)C)C1)NCc1ccc(OC)cc1OC.I. The number of hydrogen-bond donors (Lipinski definition) is 2. The van der Waals surface area contributed by atoms with Crippen LogP contribution in [-0.2, 0) is 11.3 Å². The molecule has 1 aromatic rings. The number of benzene rings is 1. The Balaban J connectivity index is 0.00000512. The number of rotatable bonds is 7. The summed E-state index contributed by atoms with van der Waals surface area (Å²) in [6, 6.07) is 5.76. The fourth-order valence-corrected chi connectivity index (χ4v) is 3.59. The molecule has 9 heteroatoms. The molecule has 1 unspecified atom stereocenters. The standard InChI is InChI=1S/C23H38N4O4.HI/c1-23(2,3)31-22(28)27-13-7-8-17(16-27)11-12-25-21(24-4)26-15-18-9-10-19(29-5)14-20(18)30-6;/h9-10,14,17H,7-8,11-13,15-16H2,1-6H3,(H2,24,25,26);1H. The van der Waals surface area contributed by atoms with Gasteiger partial charge in [-0.2, -0.15) is 0 Å². The molecule has 0 spiro atoms. The van der Waals surface area contributed by atoms with Gasteiger partial charge < -0.3 is 29.7 Å². The summed E-state index contributed by atoms with van der Waals surface area (Å²) in [7, 11) is 5.04. The van der Waals surface area contributed by atoms with Crippen LogP contribution in [-0.4, -0.2) is 63.5 Å². The van der Waals surface area contributed by atoms with Gasteiger partial charge in [-0.25, -0.2) is 4.79 Å². The summed E-state index contributed by atoms with van der Waals surface area (Å²) in [4.78, 5) is 18.5. The van der Waals surface area contributed by atoms with Crippen molar-refractivity contribution >= 4 is 36.0 Å². The molecule has 1 saturated heterocycles. The number of methoxy groups -OCH3 is 2. The van der Waals surface area contributed by atoms with Crippen molar-refractivity contribution in [2.45, 2.75) is 52.2 Å². The van der Waals surface area contributed by atoms with Crippen LogP contribution in [0.2, 0.25) is 0 Å². The Labute approximate surface area is 209 Å². The minimum atomic E-state index is -0.462. The van der Waals surface area contributed by atoms with Gasteiger partial charge in [0.05, 0.1) is 14.2 Å². The van der Waals surface area contributed by atoms with Crippen LogP contribution < -0.4 is 20.1 Å². The molecule has 2 N–H and O–H groups in total. The number of ether oxygens (including phenoxy) is 3. The van der Waals surface area contributed by atoms with Gasteiger partial charge in [-0.3, -0.25) is 4.99 Å². The Bertz CT molecular complexity index is 752. The van der Waals surface area contributed by atoms with Gasteiger partial charge in [-0.15, -0.1) is 24.0 Å². The maximum Gasteiger partial charge on any atom is 0.410 e. The van der Waals surface area contributed by atoms with Crippen LogP contribution in [0.25, 0.3) is 0 Å². The number of carbonyl (C=O) groups excluding carboxylic acids is 1. The van der Waals surface area contributed by atoms with Crippen LogP contribution in [0.1, 0.15) is 45.6 Å². The third kappa shape index (κ3) is 9.30. The van der Waals surface area contributed by atoms with Crippen molar-refractivity contribution < 1.29 is 19.0 Å². The number of aliphatic imine (C=N–C) groups is 1. The Morgan fingerprint density at radius 2 is 1.97 bits per heavy atom. The molecule has 2 rings (SSSR count). The average molecular weight is 562 g/mol. The minimum absolute atomic E-state index is 0. The van der Waals surface area contributed by atoms with Crippen LogP contribution in [0.3, 0.4) is 0 Å². The number of hydrogen-bond acceptors (Lipinski definition) is 5. The highest BCUT2D eigenvalue weighted by Crippen LogP contribution is 2.24. The molecule has 0 aromatic heterocycles. The van der Waals surface area contributed by atoms with Crippen molar-refractivity contribution in [2.24, 2.45) is 10.9 Å². The zero-order chi connectivity index (χ0) is 22.9. The van der Waals surface area contributed by atoms with Crippen LogP contribution >= 0.6 is 24.0 Å². The first kappa shape index (κ1) is 28.1. The van der Waals surface area contributed by atoms with Gasteiger partial charge in [0.1, 0.15) is 17.1 Å². The first-order valence-corrected chi connectivity index (χ1v) is 10.9. The van der Waals surface area contributed by atoms with E-state index in [1.807, 2.05) is 43.9 Å². The number of halogens is 1. The second-order valence-electron chi connectivity index (χ2n) is 8.75. The molecule has 0 bridgehead atoms. The molecule has 0 radical (unpaired) electrons. The van der Waals surface area contributed by atoms with Crippen molar-refractivity contribution in [1.82, 2.24) is 15.5 Å². The molecule has 182 valence electrons. The molecule has 1 atom stereocenters. The largest absolute Gasteiger partial charge is 0.497 e. The first-order chi connectivity index (χ1) is 14.8. The maximum absolute atomic E-state index is 12.3. The van der Waals surface area contributed by atoms with Gasteiger partial charge in [0.25, 0.3) is 0 Å². The Morgan fingerprint density at radius 3 is 2.59 bits per heavy atom. The van der Waals surface area contributed by atoms with Crippen molar-refractivity contribution in [3.63, 3.8) is 0 Å². The highest BCUT2D eigenvalue weighted by molar-refractivity contribution is 14.0. The van der Waals surface area contributed by atoms with E-state index >= 15 is 0 Å². The summed E-state index contributed by atoms with van der Waals surface area (Å²) >= 11 is 0. The van der Waals surface area contributed by atoms with E-state index in [0.717, 1.165) is 61.9 Å². The van der Waals surface area contributed by atoms with Crippen molar-refractivity contribution in [3.05, 3.63) is 23.8 Å². The van der Waals surface area contributed by atoms with Crippen LogP contribution in [0, 0.1) is 5.92 Å². The van der Waals surface area contributed by atoms with E-state index in [-0.39, 0.29) is 30.1 Å². The molecule has 1 aliphatic heterocycles. The van der Waals surface area contributed by atoms with E-state index < -0.39 is 5.60 Å². The predicted octanol–water partition coefficient (Wildman–Crippen LogP) is 4.02. The smallest absolute Gasteiger partial charge is 0.410 e. The zero-order valence-electron chi connectivity index (χ0n) is 20.2. The van der Waals surface area contributed by atoms with Crippen LogP contribution in [0.5, 0.6) is 11.5 Å². The van der Waals surface area contributed by atoms with Gasteiger partial charge in [0.15, 0.2) is 5.96 Å². The second kappa shape index (κ2) is 13.6. The molecule has 0 aliphatic carbocycles. The van der Waals surface area contributed by atoms with Gasteiger partial charge in [0, 0.05) is 44.9 Å². The molecule has 32 heavy (non-hydrogen) atoms. The molecule has 1 aliphatic rings. The van der Waals surface area contributed by atoms with Gasteiger partial charge in [-0.05, 0) is 58.1 Å². The predicted molar refractivity (Wildman–Crippen MR) is 138 cm³/mol. The molecule has 1 fully saturated rings. The fourth-order valence-electron chi connectivity index (χ4n) is 3.59. The highest BCUT2D eigenvalue weighted by atomic mass is 127. The Kier molecular flexibility index (Phi) is 11.9. The molecule has 0 saturated carbocycles.